The van der Waals surface area contributed by atoms with E-state index >= 15 is 0 Å². The molecule has 0 aliphatic heterocycles. The predicted octanol–water partition coefficient (Wildman–Crippen LogP) is 4.57. The number of nitrogens with one attached hydrogen (secondary N) is 1. The lowest BCUT2D eigenvalue weighted by Gasteiger charge is -2.21. The smallest absolute Gasteiger partial charge is 0.0701 e. The zero-order valence-electron chi connectivity index (χ0n) is 9.68. The van der Waals surface area contributed by atoms with Gasteiger partial charge in [0.2, 0.25) is 0 Å². The van der Waals surface area contributed by atoms with Crippen LogP contribution in [0.5, 0.6) is 0 Å². The fourth-order valence-corrected chi connectivity index (χ4v) is 3.66. The summed E-state index contributed by atoms with van der Waals surface area (Å²) in [5, 5.41) is 5.77. The molecule has 0 atom stereocenters. The molecule has 1 heterocycles. The van der Waals surface area contributed by atoms with E-state index in [9.17, 15) is 0 Å². The van der Waals surface area contributed by atoms with Gasteiger partial charge in [-0.1, -0.05) is 32.1 Å². The van der Waals surface area contributed by atoms with Crippen molar-refractivity contribution in [2.45, 2.75) is 45.1 Å². The van der Waals surface area contributed by atoms with E-state index in [0.29, 0.717) is 0 Å². The molecule has 16 heavy (non-hydrogen) atoms. The number of hydrogen-bond acceptors (Lipinski definition) is 2. The highest BCUT2D eigenvalue weighted by Crippen LogP contribution is 2.25. The van der Waals surface area contributed by atoms with Crippen LogP contribution in [0.25, 0.3) is 0 Å². The van der Waals surface area contributed by atoms with Gasteiger partial charge in [-0.05, 0) is 51.8 Å². The van der Waals surface area contributed by atoms with E-state index in [1.54, 1.807) is 11.3 Å². The SMILES string of the molecule is Brc1cc(CNCCC2CCCCC2)cs1. The molecular formula is C13H20BrNS. The highest BCUT2D eigenvalue weighted by molar-refractivity contribution is 9.11. The van der Waals surface area contributed by atoms with Crippen molar-refractivity contribution in [2.24, 2.45) is 5.92 Å². The number of hydrogen-bond donors (Lipinski definition) is 1. The summed E-state index contributed by atoms with van der Waals surface area (Å²) in [5.41, 5.74) is 1.40. The first kappa shape index (κ1) is 12.6. The Labute approximate surface area is 111 Å². The minimum absolute atomic E-state index is 0.996. The van der Waals surface area contributed by atoms with E-state index in [2.05, 4.69) is 32.7 Å². The Kier molecular flexibility index (Phi) is 5.33. The second-order valence-corrected chi connectivity index (χ2v) is 7.02. The van der Waals surface area contributed by atoms with Crippen molar-refractivity contribution in [1.82, 2.24) is 5.32 Å². The molecule has 1 fully saturated rings. The predicted molar refractivity (Wildman–Crippen MR) is 74.9 cm³/mol. The molecule has 1 N–H and O–H groups in total. The molecule has 2 rings (SSSR count). The summed E-state index contributed by atoms with van der Waals surface area (Å²) in [5.74, 6) is 0.996. The summed E-state index contributed by atoms with van der Waals surface area (Å²) in [6.45, 7) is 2.20. The molecular weight excluding hydrogens is 282 g/mol. The third-order valence-electron chi connectivity index (χ3n) is 3.40. The highest BCUT2D eigenvalue weighted by atomic mass is 79.9. The molecule has 1 aliphatic rings. The fourth-order valence-electron chi connectivity index (χ4n) is 2.45. The van der Waals surface area contributed by atoms with Crippen molar-refractivity contribution < 1.29 is 0 Å². The van der Waals surface area contributed by atoms with Gasteiger partial charge >= 0.3 is 0 Å². The van der Waals surface area contributed by atoms with Gasteiger partial charge in [-0.25, -0.2) is 0 Å². The van der Waals surface area contributed by atoms with Gasteiger partial charge in [-0.3, -0.25) is 0 Å². The lowest BCUT2D eigenvalue weighted by atomic mass is 9.87. The van der Waals surface area contributed by atoms with Crippen LogP contribution in [0, 0.1) is 5.92 Å². The maximum Gasteiger partial charge on any atom is 0.0701 e. The van der Waals surface area contributed by atoms with E-state index in [4.69, 9.17) is 0 Å². The quantitative estimate of drug-likeness (QED) is 0.786. The molecule has 1 aromatic rings. The summed E-state index contributed by atoms with van der Waals surface area (Å²) < 4.78 is 1.23. The van der Waals surface area contributed by atoms with E-state index in [-0.39, 0.29) is 0 Å². The van der Waals surface area contributed by atoms with Gasteiger partial charge < -0.3 is 5.32 Å². The molecule has 1 aromatic heterocycles. The molecule has 0 aromatic carbocycles. The van der Waals surface area contributed by atoms with Crippen molar-refractivity contribution in [2.75, 3.05) is 6.54 Å². The van der Waals surface area contributed by atoms with Gasteiger partial charge in [-0.15, -0.1) is 11.3 Å². The molecule has 90 valence electrons. The fraction of sp³-hybridized carbons (Fsp3) is 0.692. The molecule has 0 unspecified atom stereocenters. The van der Waals surface area contributed by atoms with Crippen LogP contribution in [0.1, 0.15) is 44.1 Å². The first-order valence-electron chi connectivity index (χ1n) is 6.28. The number of rotatable bonds is 5. The van der Waals surface area contributed by atoms with Gasteiger partial charge in [0.05, 0.1) is 3.79 Å². The average Bonchev–Trinajstić information content (AvgIpc) is 2.72. The lowest BCUT2D eigenvalue weighted by molar-refractivity contribution is 0.334. The van der Waals surface area contributed by atoms with Crippen LogP contribution in [-0.4, -0.2) is 6.54 Å². The second-order valence-electron chi connectivity index (χ2n) is 4.73. The number of halogens is 1. The molecule has 1 nitrogen and oxygen atoms in total. The second kappa shape index (κ2) is 6.77. The van der Waals surface area contributed by atoms with Crippen molar-refractivity contribution >= 4 is 27.3 Å². The molecule has 0 bridgehead atoms. The van der Waals surface area contributed by atoms with Crippen LogP contribution in [0.15, 0.2) is 15.2 Å². The van der Waals surface area contributed by atoms with Gasteiger partial charge in [0.15, 0.2) is 0 Å². The molecule has 0 saturated heterocycles. The first-order valence-corrected chi connectivity index (χ1v) is 7.95. The molecule has 1 aliphatic carbocycles. The van der Waals surface area contributed by atoms with Crippen LogP contribution in [0.3, 0.4) is 0 Å². The largest absolute Gasteiger partial charge is 0.313 e. The molecule has 0 spiro atoms. The van der Waals surface area contributed by atoms with Crippen molar-refractivity contribution in [3.8, 4) is 0 Å². The summed E-state index contributed by atoms with van der Waals surface area (Å²) in [4.78, 5) is 0. The Morgan fingerprint density at radius 2 is 2.12 bits per heavy atom. The van der Waals surface area contributed by atoms with Crippen LogP contribution in [0.2, 0.25) is 0 Å². The van der Waals surface area contributed by atoms with Gasteiger partial charge in [0.25, 0.3) is 0 Å². The average molecular weight is 302 g/mol. The van der Waals surface area contributed by atoms with E-state index < -0.39 is 0 Å². The van der Waals surface area contributed by atoms with Crippen LogP contribution in [-0.2, 0) is 6.54 Å². The normalized spacial score (nSPS) is 17.8. The van der Waals surface area contributed by atoms with Gasteiger partial charge in [0, 0.05) is 6.54 Å². The zero-order valence-corrected chi connectivity index (χ0v) is 12.1. The van der Waals surface area contributed by atoms with Crippen LogP contribution in [0.4, 0.5) is 0 Å². The van der Waals surface area contributed by atoms with Crippen molar-refractivity contribution in [3.63, 3.8) is 0 Å². The number of thiophene rings is 1. The molecule has 1 saturated carbocycles. The lowest BCUT2D eigenvalue weighted by Crippen LogP contribution is -2.18. The van der Waals surface area contributed by atoms with Gasteiger partial charge in [-0.2, -0.15) is 0 Å². The van der Waals surface area contributed by atoms with Crippen molar-refractivity contribution in [1.29, 1.82) is 0 Å². The topological polar surface area (TPSA) is 12.0 Å². The Hall–Kier alpha value is 0.140. The Balaban J connectivity index is 1.57. The maximum atomic E-state index is 3.55. The maximum absolute atomic E-state index is 3.55. The summed E-state index contributed by atoms with van der Waals surface area (Å²) in [7, 11) is 0. The monoisotopic (exact) mass is 301 g/mol. The van der Waals surface area contributed by atoms with Crippen LogP contribution >= 0.6 is 27.3 Å². The van der Waals surface area contributed by atoms with Crippen molar-refractivity contribution in [3.05, 3.63) is 20.8 Å². The molecule has 0 radical (unpaired) electrons. The zero-order chi connectivity index (χ0) is 11.2. The first-order chi connectivity index (χ1) is 7.84. The third-order valence-corrected chi connectivity index (χ3v) is 4.96. The molecule has 3 heteroatoms. The Bertz CT molecular complexity index is 305. The highest BCUT2D eigenvalue weighted by Gasteiger charge is 2.12. The third kappa shape index (κ3) is 4.19. The molecule has 0 amide bonds. The van der Waals surface area contributed by atoms with E-state index in [1.165, 1.54) is 54.4 Å². The van der Waals surface area contributed by atoms with E-state index in [0.717, 1.165) is 12.5 Å². The Morgan fingerprint density at radius 3 is 2.81 bits per heavy atom. The summed E-state index contributed by atoms with van der Waals surface area (Å²) >= 11 is 5.26. The summed E-state index contributed by atoms with van der Waals surface area (Å²) in [6, 6.07) is 2.21. The standard InChI is InChI=1S/C13H20BrNS/c14-13-8-12(10-16-13)9-15-7-6-11-4-2-1-3-5-11/h8,10-11,15H,1-7,9H2. The van der Waals surface area contributed by atoms with Gasteiger partial charge in [0.1, 0.15) is 0 Å². The minimum Gasteiger partial charge on any atom is -0.313 e. The minimum atomic E-state index is 0.996. The summed E-state index contributed by atoms with van der Waals surface area (Å²) in [6.07, 6.45) is 8.68. The Morgan fingerprint density at radius 1 is 1.31 bits per heavy atom. The van der Waals surface area contributed by atoms with E-state index in [1.807, 2.05) is 0 Å². The van der Waals surface area contributed by atoms with Crippen LogP contribution < -0.4 is 5.32 Å².